The quantitative estimate of drug-likeness (QED) is 0.774. The molecule has 2 aromatic rings. The highest BCUT2D eigenvalue weighted by Gasteiger charge is 2.24. The first-order chi connectivity index (χ1) is 13.1. The highest BCUT2D eigenvalue weighted by Crippen LogP contribution is 2.34. The number of ether oxygens (including phenoxy) is 2. The summed E-state index contributed by atoms with van der Waals surface area (Å²) < 4.78 is 10.5. The average Bonchev–Trinajstić information content (AvgIpc) is 3.01. The summed E-state index contributed by atoms with van der Waals surface area (Å²) in [5.74, 6) is 1.10. The van der Waals surface area contributed by atoms with Crippen molar-refractivity contribution in [3.63, 3.8) is 0 Å². The number of rotatable bonds is 5. The van der Waals surface area contributed by atoms with E-state index in [1.165, 1.54) is 11.8 Å². The minimum absolute atomic E-state index is 0.160. The van der Waals surface area contributed by atoms with Crippen molar-refractivity contribution < 1.29 is 14.3 Å². The Bertz CT molecular complexity index is 934. The van der Waals surface area contributed by atoms with Gasteiger partial charge in [0.05, 0.1) is 19.1 Å². The molecule has 0 unspecified atom stereocenters. The molecule has 138 valence electrons. The third-order valence-electron chi connectivity index (χ3n) is 3.81. The summed E-state index contributed by atoms with van der Waals surface area (Å²) >= 11 is 1.30. The number of benzene rings is 2. The molecule has 3 rings (SSSR count). The second kappa shape index (κ2) is 8.60. The van der Waals surface area contributed by atoms with Gasteiger partial charge in [-0.15, -0.1) is 0 Å². The van der Waals surface area contributed by atoms with Crippen LogP contribution in [-0.2, 0) is 4.79 Å². The number of hydrogen-bond donors (Lipinski definition) is 1. The zero-order valence-electron chi connectivity index (χ0n) is 15.4. The molecular formula is C21H20N2O3S. The van der Waals surface area contributed by atoms with Gasteiger partial charge >= 0.3 is 0 Å². The highest BCUT2D eigenvalue weighted by molar-refractivity contribution is 8.18. The summed E-state index contributed by atoms with van der Waals surface area (Å²) in [5, 5.41) is 3.31. The fourth-order valence-electron chi connectivity index (χ4n) is 2.53. The van der Waals surface area contributed by atoms with Crippen LogP contribution in [0.3, 0.4) is 0 Å². The monoisotopic (exact) mass is 380 g/mol. The van der Waals surface area contributed by atoms with E-state index in [9.17, 15) is 4.79 Å². The first kappa shape index (κ1) is 18.8. The number of aliphatic imine (C=N–C) groups is 1. The van der Waals surface area contributed by atoms with Crippen LogP contribution in [0.5, 0.6) is 11.5 Å². The van der Waals surface area contributed by atoms with Gasteiger partial charge in [-0.25, -0.2) is 4.99 Å². The summed E-state index contributed by atoms with van der Waals surface area (Å²) in [6, 6.07) is 15.3. The van der Waals surface area contributed by atoms with Crippen LogP contribution in [0.4, 0.5) is 5.69 Å². The van der Waals surface area contributed by atoms with Gasteiger partial charge in [0, 0.05) is 6.07 Å². The molecule has 0 saturated carbocycles. The molecule has 0 aliphatic carbocycles. The third kappa shape index (κ3) is 4.80. The molecule has 27 heavy (non-hydrogen) atoms. The first-order valence-corrected chi connectivity index (χ1v) is 9.15. The number of amidine groups is 1. The number of hydrogen-bond acceptors (Lipinski definition) is 5. The van der Waals surface area contributed by atoms with E-state index in [0.29, 0.717) is 27.3 Å². The SMILES string of the molecule is COc1ccc(N=C2NC(=O)C(=CC(C)=Cc3ccccc3)S2)c(OC)c1. The Hall–Kier alpha value is -2.99. The second-order valence-corrected chi connectivity index (χ2v) is 6.85. The van der Waals surface area contributed by atoms with Gasteiger partial charge in [-0.1, -0.05) is 36.4 Å². The number of carbonyl (C=O) groups excluding carboxylic acids is 1. The average molecular weight is 380 g/mol. The first-order valence-electron chi connectivity index (χ1n) is 8.34. The molecule has 2 aromatic carbocycles. The lowest BCUT2D eigenvalue weighted by molar-refractivity contribution is -0.115. The van der Waals surface area contributed by atoms with E-state index >= 15 is 0 Å². The minimum atomic E-state index is -0.160. The second-order valence-electron chi connectivity index (χ2n) is 5.82. The summed E-state index contributed by atoms with van der Waals surface area (Å²) in [6.45, 7) is 1.97. The standard InChI is InChI=1S/C21H20N2O3S/c1-14(11-15-7-5-4-6-8-15)12-19-20(24)23-21(27-19)22-17-10-9-16(25-2)13-18(17)26-3/h4-13H,1-3H3,(H,22,23,24). The highest BCUT2D eigenvalue weighted by atomic mass is 32.2. The number of nitrogens with zero attached hydrogens (tertiary/aromatic N) is 1. The van der Waals surface area contributed by atoms with Crippen molar-refractivity contribution in [2.24, 2.45) is 4.99 Å². The Morgan fingerprint density at radius 2 is 1.89 bits per heavy atom. The Kier molecular flexibility index (Phi) is 5.98. The van der Waals surface area contributed by atoms with Crippen LogP contribution in [0.1, 0.15) is 12.5 Å². The van der Waals surface area contributed by atoms with E-state index < -0.39 is 0 Å². The van der Waals surface area contributed by atoms with Crippen molar-refractivity contribution in [2.75, 3.05) is 14.2 Å². The lowest BCUT2D eigenvalue weighted by atomic mass is 10.1. The molecule has 1 heterocycles. The van der Waals surface area contributed by atoms with Gasteiger partial charge in [-0.3, -0.25) is 4.79 Å². The van der Waals surface area contributed by atoms with Crippen LogP contribution in [0, 0.1) is 0 Å². The topological polar surface area (TPSA) is 59.9 Å². The Labute approximate surface area is 162 Å². The van der Waals surface area contributed by atoms with Crippen LogP contribution < -0.4 is 14.8 Å². The van der Waals surface area contributed by atoms with E-state index in [2.05, 4.69) is 10.3 Å². The van der Waals surface area contributed by atoms with E-state index in [1.807, 2.05) is 49.4 Å². The minimum Gasteiger partial charge on any atom is -0.497 e. The zero-order valence-corrected chi connectivity index (χ0v) is 16.2. The molecule has 0 spiro atoms. The molecule has 1 aliphatic rings. The molecule has 0 radical (unpaired) electrons. The molecule has 1 aliphatic heterocycles. The zero-order chi connectivity index (χ0) is 19.2. The molecule has 1 N–H and O–H groups in total. The third-order valence-corrected chi connectivity index (χ3v) is 4.72. The molecule has 1 saturated heterocycles. The molecule has 6 heteroatoms. The predicted octanol–water partition coefficient (Wildman–Crippen LogP) is 4.54. The van der Waals surface area contributed by atoms with E-state index in [4.69, 9.17) is 9.47 Å². The lowest BCUT2D eigenvalue weighted by Gasteiger charge is -2.07. The number of thioether (sulfide) groups is 1. The van der Waals surface area contributed by atoms with Gasteiger partial charge in [0.2, 0.25) is 0 Å². The van der Waals surface area contributed by atoms with E-state index in [-0.39, 0.29) is 5.91 Å². The van der Waals surface area contributed by atoms with Crippen LogP contribution in [0.15, 0.2) is 70.1 Å². The maximum Gasteiger partial charge on any atom is 0.264 e. The van der Waals surface area contributed by atoms with Crippen LogP contribution in [0.2, 0.25) is 0 Å². The summed E-state index contributed by atoms with van der Waals surface area (Å²) in [7, 11) is 3.16. The van der Waals surface area contributed by atoms with Crippen molar-refractivity contribution in [3.8, 4) is 11.5 Å². The normalized spacial score (nSPS) is 17.3. The number of methoxy groups -OCH3 is 2. The Morgan fingerprint density at radius 3 is 2.59 bits per heavy atom. The van der Waals surface area contributed by atoms with Gasteiger partial charge in [0.25, 0.3) is 5.91 Å². The summed E-state index contributed by atoms with van der Waals surface area (Å²) in [4.78, 5) is 17.4. The molecule has 1 amide bonds. The number of allylic oxidation sites excluding steroid dienone is 2. The predicted molar refractivity (Wildman–Crippen MR) is 111 cm³/mol. The maximum atomic E-state index is 12.3. The molecule has 5 nitrogen and oxygen atoms in total. The van der Waals surface area contributed by atoms with Crippen LogP contribution in [0.25, 0.3) is 6.08 Å². The van der Waals surface area contributed by atoms with E-state index in [1.54, 1.807) is 32.4 Å². The van der Waals surface area contributed by atoms with Crippen LogP contribution >= 0.6 is 11.8 Å². The molecule has 0 aromatic heterocycles. The number of carbonyl (C=O) groups is 1. The fourth-order valence-corrected chi connectivity index (χ4v) is 3.41. The van der Waals surface area contributed by atoms with Gasteiger partial charge < -0.3 is 14.8 Å². The summed E-state index contributed by atoms with van der Waals surface area (Å²) in [5.41, 5.74) is 2.70. The largest absolute Gasteiger partial charge is 0.497 e. The Morgan fingerprint density at radius 1 is 1.11 bits per heavy atom. The van der Waals surface area contributed by atoms with Gasteiger partial charge in [-0.2, -0.15) is 0 Å². The Balaban J connectivity index is 1.81. The van der Waals surface area contributed by atoms with Gasteiger partial charge in [-0.05, 0) is 48.0 Å². The van der Waals surface area contributed by atoms with Gasteiger partial charge in [0.15, 0.2) is 5.17 Å². The number of nitrogens with one attached hydrogen (secondary N) is 1. The maximum absolute atomic E-state index is 12.3. The molecular weight excluding hydrogens is 360 g/mol. The fraction of sp³-hybridized carbons (Fsp3) is 0.143. The smallest absolute Gasteiger partial charge is 0.264 e. The lowest BCUT2D eigenvalue weighted by Crippen LogP contribution is -2.19. The van der Waals surface area contributed by atoms with E-state index in [0.717, 1.165) is 11.1 Å². The molecule has 0 atom stereocenters. The number of amides is 1. The van der Waals surface area contributed by atoms with Crippen molar-refractivity contribution in [1.29, 1.82) is 0 Å². The van der Waals surface area contributed by atoms with Gasteiger partial charge in [0.1, 0.15) is 17.2 Å². The molecule has 1 fully saturated rings. The van der Waals surface area contributed by atoms with Crippen LogP contribution in [-0.4, -0.2) is 25.3 Å². The van der Waals surface area contributed by atoms with Crippen molar-refractivity contribution in [3.05, 3.63) is 70.6 Å². The van der Waals surface area contributed by atoms with Crippen molar-refractivity contribution in [2.45, 2.75) is 6.92 Å². The molecule has 0 bridgehead atoms. The summed E-state index contributed by atoms with van der Waals surface area (Å²) in [6.07, 6.45) is 3.89. The van der Waals surface area contributed by atoms with Crippen molar-refractivity contribution >= 4 is 34.6 Å². The van der Waals surface area contributed by atoms with Crippen molar-refractivity contribution in [1.82, 2.24) is 5.32 Å².